The lowest BCUT2D eigenvalue weighted by Crippen LogP contribution is -1.97. The number of Topliss-reactive ketones (excluding diaryl/α,β-unsaturated/α-hetero) is 1. The average Bonchev–Trinajstić information content (AvgIpc) is 2.34. The molecule has 0 aliphatic carbocycles. The van der Waals surface area contributed by atoms with Gasteiger partial charge in [0.15, 0.2) is 6.29 Å². The summed E-state index contributed by atoms with van der Waals surface area (Å²) in [6.07, 6.45) is 0.315. The molecule has 0 amide bonds. The maximum Gasteiger partial charge on any atom is 0.225 e. The lowest BCUT2D eigenvalue weighted by molar-refractivity contribution is -0.104. The SMILES string of the molecule is CC.CC.O=CC(=O)c1ccccc1. The standard InChI is InChI=1S/C8H6O2.2C2H6/c9-6-8(10)7-4-2-1-3-5-7;2*1-2/h1-6H;2*1-2H3. The molecule has 1 aromatic rings. The molecule has 0 atom stereocenters. The van der Waals surface area contributed by atoms with Crippen LogP contribution < -0.4 is 0 Å². The van der Waals surface area contributed by atoms with Crippen molar-refractivity contribution in [1.82, 2.24) is 0 Å². The number of rotatable bonds is 2. The molecule has 0 spiro atoms. The van der Waals surface area contributed by atoms with Crippen LogP contribution in [0.15, 0.2) is 30.3 Å². The van der Waals surface area contributed by atoms with Crippen LogP contribution in [0.1, 0.15) is 38.1 Å². The van der Waals surface area contributed by atoms with Crippen LogP contribution in [0, 0.1) is 0 Å². The average molecular weight is 194 g/mol. The predicted octanol–water partition coefficient (Wildman–Crippen LogP) is 3.12. The van der Waals surface area contributed by atoms with E-state index < -0.39 is 5.78 Å². The Hall–Kier alpha value is -1.44. The fraction of sp³-hybridized carbons (Fsp3) is 0.333. The molecule has 0 N–H and O–H groups in total. The van der Waals surface area contributed by atoms with Crippen LogP contribution in [0.5, 0.6) is 0 Å². The molecule has 1 aromatic carbocycles. The molecule has 14 heavy (non-hydrogen) atoms. The van der Waals surface area contributed by atoms with Crippen molar-refractivity contribution in [2.75, 3.05) is 0 Å². The van der Waals surface area contributed by atoms with Crippen molar-refractivity contribution >= 4 is 12.1 Å². The van der Waals surface area contributed by atoms with E-state index in [2.05, 4.69) is 0 Å². The Labute approximate surface area is 86.0 Å². The van der Waals surface area contributed by atoms with Crippen LogP contribution >= 0.6 is 0 Å². The second-order valence-corrected chi connectivity index (χ2v) is 1.85. The number of aldehydes is 1. The molecule has 0 radical (unpaired) electrons. The van der Waals surface area contributed by atoms with E-state index in [4.69, 9.17) is 0 Å². The van der Waals surface area contributed by atoms with Crippen LogP contribution in [-0.4, -0.2) is 12.1 Å². The van der Waals surface area contributed by atoms with E-state index in [1.54, 1.807) is 30.3 Å². The summed E-state index contributed by atoms with van der Waals surface area (Å²) in [5, 5.41) is 0. The van der Waals surface area contributed by atoms with Gasteiger partial charge in [0.05, 0.1) is 0 Å². The number of benzene rings is 1. The van der Waals surface area contributed by atoms with Gasteiger partial charge in [0, 0.05) is 5.56 Å². The highest BCUT2D eigenvalue weighted by atomic mass is 16.2. The highest BCUT2D eigenvalue weighted by Crippen LogP contribution is 1.96. The van der Waals surface area contributed by atoms with Crippen LogP contribution in [-0.2, 0) is 4.79 Å². The fourth-order valence-corrected chi connectivity index (χ4v) is 0.670. The predicted molar refractivity (Wildman–Crippen MR) is 59.5 cm³/mol. The van der Waals surface area contributed by atoms with E-state index >= 15 is 0 Å². The minimum absolute atomic E-state index is 0.315. The van der Waals surface area contributed by atoms with Gasteiger partial charge in [-0.15, -0.1) is 0 Å². The first-order valence-corrected chi connectivity index (χ1v) is 4.89. The van der Waals surface area contributed by atoms with Crippen molar-refractivity contribution in [2.45, 2.75) is 27.7 Å². The Bertz CT molecular complexity index is 240. The van der Waals surface area contributed by atoms with Gasteiger partial charge in [-0.1, -0.05) is 58.0 Å². The molecule has 0 unspecified atom stereocenters. The minimum atomic E-state index is -0.472. The molecule has 0 saturated heterocycles. The molecule has 0 aromatic heterocycles. The Balaban J connectivity index is 0. The largest absolute Gasteiger partial charge is 0.294 e. The van der Waals surface area contributed by atoms with E-state index in [9.17, 15) is 9.59 Å². The van der Waals surface area contributed by atoms with E-state index in [1.165, 1.54) is 0 Å². The van der Waals surface area contributed by atoms with E-state index in [-0.39, 0.29) is 0 Å². The first kappa shape index (κ1) is 15.1. The van der Waals surface area contributed by atoms with Crippen LogP contribution in [0.3, 0.4) is 0 Å². The Kier molecular flexibility index (Phi) is 12.4. The minimum Gasteiger partial charge on any atom is -0.294 e. The monoisotopic (exact) mass is 194 g/mol. The first-order chi connectivity index (χ1) is 6.84. The molecule has 0 saturated carbocycles. The van der Waals surface area contributed by atoms with Gasteiger partial charge in [-0.25, -0.2) is 0 Å². The van der Waals surface area contributed by atoms with Gasteiger partial charge in [0.25, 0.3) is 0 Å². The lowest BCUT2D eigenvalue weighted by Gasteiger charge is -1.88. The van der Waals surface area contributed by atoms with E-state index in [0.29, 0.717) is 11.8 Å². The van der Waals surface area contributed by atoms with Gasteiger partial charge in [-0.05, 0) is 0 Å². The Morgan fingerprint density at radius 1 is 1.00 bits per heavy atom. The highest BCUT2D eigenvalue weighted by molar-refractivity contribution is 6.33. The van der Waals surface area contributed by atoms with Gasteiger partial charge >= 0.3 is 0 Å². The third-order valence-electron chi connectivity index (χ3n) is 1.17. The normalized spacial score (nSPS) is 7.14. The summed E-state index contributed by atoms with van der Waals surface area (Å²) in [6.45, 7) is 8.00. The first-order valence-electron chi connectivity index (χ1n) is 4.89. The zero-order valence-electron chi connectivity index (χ0n) is 9.28. The summed E-state index contributed by atoms with van der Waals surface area (Å²) in [5.74, 6) is -0.472. The third-order valence-corrected chi connectivity index (χ3v) is 1.17. The topological polar surface area (TPSA) is 34.1 Å². The van der Waals surface area contributed by atoms with Crippen molar-refractivity contribution in [3.63, 3.8) is 0 Å². The summed E-state index contributed by atoms with van der Waals surface area (Å²) in [4.78, 5) is 20.6. The summed E-state index contributed by atoms with van der Waals surface area (Å²) in [5.41, 5.74) is 0.442. The molecule has 2 nitrogen and oxygen atoms in total. The smallest absolute Gasteiger partial charge is 0.225 e. The summed E-state index contributed by atoms with van der Waals surface area (Å²) in [6, 6.07) is 8.45. The zero-order valence-corrected chi connectivity index (χ0v) is 9.28. The molecule has 78 valence electrons. The van der Waals surface area contributed by atoms with Gasteiger partial charge in [-0.3, -0.25) is 9.59 Å². The number of ketones is 1. The fourth-order valence-electron chi connectivity index (χ4n) is 0.670. The number of carbonyl (C=O) groups excluding carboxylic acids is 2. The van der Waals surface area contributed by atoms with Gasteiger partial charge < -0.3 is 0 Å². The van der Waals surface area contributed by atoms with Crippen molar-refractivity contribution in [3.8, 4) is 0 Å². The maximum absolute atomic E-state index is 10.6. The number of hydrogen-bond donors (Lipinski definition) is 0. The second kappa shape index (κ2) is 11.6. The summed E-state index contributed by atoms with van der Waals surface area (Å²) < 4.78 is 0. The molecule has 1 rings (SSSR count). The summed E-state index contributed by atoms with van der Waals surface area (Å²) in [7, 11) is 0. The van der Waals surface area contributed by atoms with Gasteiger partial charge in [-0.2, -0.15) is 0 Å². The zero-order chi connectivity index (χ0) is 11.4. The van der Waals surface area contributed by atoms with Crippen molar-refractivity contribution < 1.29 is 9.59 Å². The van der Waals surface area contributed by atoms with Gasteiger partial charge in [0.2, 0.25) is 5.78 Å². The van der Waals surface area contributed by atoms with E-state index in [1.807, 2.05) is 27.7 Å². The Morgan fingerprint density at radius 2 is 1.43 bits per heavy atom. The Morgan fingerprint density at radius 3 is 1.79 bits per heavy atom. The number of hydrogen-bond acceptors (Lipinski definition) is 2. The molecular weight excluding hydrogens is 176 g/mol. The molecule has 0 aliphatic heterocycles. The molecule has 0 fully saturated rings. The van der Waals surface area contributed by atoms with Crippen molar-refractivity contribution in [3.05, 3.63) is 35.9 Å². The lowest BCUT2D eigenvalue weighted by atomic mass is 10.1. The van der Waals surface area contributed by atoms with Crippen LogP contribution in [0.4, 0.5) is 0 Å². The van der Waals surface area contributed by atoms with E-state index in [0.717, 1.165) is 0 Å². The second-order valence-electron chi connectivity index (χ2n) is 1.85. The molecule has 0 heterocycles. The maximum atomic E-state index is 10.6. The quantitative estimate of drug-likeness (QED) is 0.412. The molecule has 0 bridgehead atoms. The third kappa shape index (κ3) is 6.12. The van der Waals surface area contributed by atoms with Crippen LogP contribution in [0.2, 0.25) is 0 Å². The van der Waals surface area contributed by atoms with Crippen molar-refractivity contribution in [1.29, 1.82) is 0 Å². The highest BCUT2D eigenvalue weighted by Gasteiger charge is 1.99. The number of carbonyl (C=O) groups is 2. The molecule has 2 heteroatoms. The van der Waals surface area contributed by atoms with Crippen LogP contribution in [0.25, 0.3) is 0 Å². The molecular formula is C12H18O2. The van der Waals surface area contributed by atoms with Gasteiger partial charge in [0.1, 0.15) is 0 Å². The summed E-state index contributed by atoms with van der Waals surface area (Å²) >= 11 is 0. The molecule has 0 aliphatic rings. The van der Waals surface area contributed by atoms with Crippen molar-refractivity contribution in [2.24, 2.45) is 0 Å².